The summed E-state index contributed by atoms with van der Waals surface area (Å²) in [7, 11) is -4.09. The Morgan fingerprint density at radius 1 is 1.18 bits per heavy atom. The van der Waals surface area contributed by atoms with E-state index in [1.165, 1.54) is 6.08 Å². The van der Waals surface area contributed by atoms with Crippen molar-refractivity contribution in [1.29, 1.82) is 0 Å². The summed E-state index contributed by atoms with van der Waals surface area (Å²) in [6, 6.07) is 16.7. The van der Waals surface area contributed by atoms with Gasteiger partial charge in [-0.25, -0.2) is 4.79 Å². The van der Waals surface area contributed by atoms with Crippen molar-refractivity contribution in [2.75, 3.05) is 24.3 Å². The quantitative estimate of drug-likeness (QED) is 0.0542. The van der Waals surface area contributed by atoms with Gasteiger partial charge in [0.15, 0.2) is 22.7 Å². The number of hydrogen-bond donors (Lipinski definition) is 2. The van der Waals surface area contributed by atoms with E-state index in [9.17, 15) is 22.8 Å². The molecule has 234 valence electrons. The average Bonchev–Trinajstić information content (AvgIpc) is 3.46. The first-order chi connectivity index (χ1) is 21.6. The Morgan fingerprint density at radius 2 is 1.82 bits per heavy atom. The number of nitrogens with one attached hydrogen (secondary N) is 1. The van der Waals surface area contributed by atoms with Gasteiger partial charge in [0.25, 0.3) is 11.8 Å². The third-order valence-electron chi connectivity index (χ3n) is 6.31. The summed E-state index contributed by atoms with van der Waals surface area (Å²) >= 11 is 1.92. The molecule has 1 fully saturated rings. The van der Waals surface area contributed by atoms with Crippen LogP contribution in [0, 0.1) is 0 Å². The monoisotopic (exact) mass is 670 g/mol. The van der Waals surface area contributed by atoms with Gasteiger partial charge in [-0.3, -0.25) is 14.5 Å². The number of nitrogens with two attached hydrogens (primary N) is 1. The Kier molecular flexibility index (Phi) is 9.50. The molecule has 14 nitrogen and oxygen atoms in total. The highest BCUT2D eigenvalue weighted by Crippen LogP contribution is 2.42. The van der Waals surface area contributed by atoms with E-state index < -0.39 is 45.4 Å². The minimum Gasteiger partial charge on any atom is -0.448 e. The largest absolute Gasteiger partial charge is 0.448 e. The summed E-state index contributed by atoms with van der Waals surface area (Å²) in [6.45, 7) is 3.50. The molecule has 0 bridgehead atoms. The highest BCUT2D eigenvalue weighted by atomic mass is 32.2. The molecule has 2 aliphatic rings. The molecule has 1 unspecified atom stereocenters. The molecule has 17 heteroatoms. The molecule has 3 heterocycles. The number of aromatic nitrogens is 2. The number of fused-ring (bicyclic) bond motifs is 1. The summed E-state index contributed by atoms with van der Waals surface area (Å²) in [5.41, 5.74) is 6.24. The van der Waals surface area contributed by atoms with Crippen LogP contribution in [0.2, 0.25) is 0 Å². The highest BCUT2D eigenvalue weighted by Gasteiger charge is 2.56. The third-order valence-corrected chi connectivity index (χ3v) is 8.61. The van der Waals surface area contributed by atoms with Crippen LogP contribution in [0.4, 0.5) is 5.13 Å². The lowest BCUT2D eigenvalue weighted by Crippen LogP contribution is -2.71. The predicted octanol–water partition coefficient (Wildman–Crippen LogP) is 1.95. The first-order valence-corrected chi connectivity index (χ1v) is 16.8. The van der Waals surface area contributed by atoms with Gasteiger partial charge >= 0.3 is 16.1 Å². The molecule has 2 aliphatic heterocycles. The fourth-order valence-electron chi connectivity index (χ4n) is 4.45. The summed E-state index contributed by atoms with van der Waals surface area (Å²) in [6.07, 6.45) is 1.35. The van der Waals surface area contributed by atoms with E-state index in [4.69, 9.17) is 19.5 Å². The smallest absolute Gasteiger partial charge is 0.359 e. The van der Waals surface area contributed by atoms with E-state index in [1.807, 2.05) is 12.1 Å². The molecule has 5 rings (SSSR count). The van der Waals surface area contributed by atoms with Crippen molar-refractivity contribution in [2.45, 2.75) is 17.5 Å². The summed E-state index contributed by atoms with van der Waals surface area (Å²) in [5, 5.41) is 5.63. The number of benzene rings is 2. The second kappa shape index (κ2) is 13.5. The van der Waals surface area contributed by atoms with Gasteiger partial charge in [-0.05, 0) is 11.1 Å². The first-order valence-electron chi connectivity index (χ1n) is 13.2. The van der Waals surface area contributed by atoms with E-state index in [0.717, 1.165) is 34.5 Å². The van der Waals surface area contributed by atoms with E-state index >= 15 is 0 Å². The van der Waals surface area contributed by atoms with Gasteiger partial charge in [-0.2, -0.15) is 17.8 Å². The number of esters is 1. The molecule has 0 radical (unpaired) electrons. The number of carbonyl (C=O) groups excluding carboxylic acids is 3. The van der Waals surface area contributed by atoms with E-state index in [2.05, 4.69) is 26.4 Å². The second-order valence-electron chi connectivity index (χ2n) is 9.51. The number of thioether (sulfide) groups is 1. The number of carbonyl (C=O) groups is 3. The van der Waals surface area contributed by atoms with Gasteiger partial charge in [0, 0.05) is 11.5 Å². The Bertz CT molecular complexity index is 1740. The van der Waals surface area contributed by atoms with Crippen molar-refractivity contribution in [3.05, 3.63) is 102 Å². The first kappa shape index (κ1) is 31.7. The Hall–Kier alpha value is -4.74. The van der Waals surface area contributed by atoms with Crippen LogP contribution >= 0.6 is 23.3 Å². The van der Waals surface area contributed by atoms with Crippen LogP contribution in [-0.4, -0.2) is 76.2 Å². The van der Waals surface area contributed by atoms with Gasteiger partial charge in [0.1, 0.15) is 18.0 Å². The fraction of sp³-hybridized carbons (Fsp3) is 0.214. The van der Waals surface area contributed by atoms with Crippen LogP contribution in [0.15, 0.2) is 89.9 Å². The van der Waals surface area contributed by atoms with Gasteiger partial charge in [0.2, 0.25) is 11.5 Å². The van der Waals surface area contributed by atoms with Gasteiger partial charge in [-0.1, -0.05) is 78.5 Å². The van der Waals surface area contributed by atoms with Crippen LogP contribution in [-0.2, 0) is 38.3 Å². The molecular weight excluding hydrogens is 645 g/mol. The number of anilines is 1. The van der Waals surface area contributed by atoms with Crippen LogP contribution in [0.1, 0.15) is 23.1 Å². The van der Waals surface area contributed by atoms with Crippen molar-refractivity contribution in [2.24, 2.45) is 5.16 Å². The van der Waals surface area contributed by atoms with Crippen molar-refractivity contribution >= 4 is 62.0 Å². The zero-order valence-electron chi connectivity index (χ0n) is 23.6. The van der Waals surface area contributed by atoms with Crippen LogP contribution in [0.3, 0.4) is 0 Å². The number of nitrogens with zero attached hydrogens (tertiary/aromatic N) is 4. The molecule has 3 aromatic rings. The van der Waals surface area contributed by atoms with Crippen LogP contribution < -0.4 is 11.1 Å². The SMILES string of the molecule is C=CCON=C(C(=O)NC1C(=O)N2C(C(=O)OC(c3ccccc3)c3ccccc3)=C(OS(C)(=O)=O)CS[C@@H]12)c1nsc(N)n1. The zero-order valence-corrected chi connectivity index (χ0v) is 26.0. The lowest BCUT2D eigenvalue weighted by molar-refractivity contribution is -0.154. The van der Waals surface area contributed by atoms with Crippen molar-refractivity contribution < 1.29 is 36.6 Å². The molecule has 45 heavy (non-hydrogen) atoms. The molecule has 1 saturated heterocycles. The summed E-state index contributed by atoms with van der Waals surface area (Å²) < 4.78 is 39.3. The second-order valence-corrected chi connectivity index (χ2v) is 13.0. The molecule has 1 aromatic heterocycles. The van der Waals surface area contributed by atoms with Crippen molar-refractivity contribution in [3.8, 4) is 0 Å². The minimum atomic E-state index is -4.09. The lowest BCUT2D eigenvalue weighted by Gasteiger charge is -2.49. The Labute approximate surface area is 266 Å². The van der Waals surface area contributed by atoms with E-state index in [-0.39, 0.29) is 40.5 Å². The fourth-order valence-corrected chi connectivity index (χ4v) is 6.72. The third kappa shape index (κ3) is 7.16. The van der Waals surface area contributed by atoms with E-state index in [1.54, 1.807) is 48.5 Å². The molecule has 0 spiro atoms. The number of nitrogen functional groups attached to an aromatic ring is 1. The number of β-lactam (4-membered cyclic amide) rings is 1. The maximum atomic E-state index is 13.8. The predicted molar refractivity (Wildman–Crippen MR) is 166 cm³/mol. The summed E-state index contributed by atoms with van der Waals surface area (Å²) in [5.74, 6) is -3.04. The number of amides is 2. The topological polar surface area (TPSA) is 192 Å². The Balaban J connectivity index is 1.43. The average molecular weight is 671 g/mol. The molecule has 0 aliphatic carbocycles. The molecule has 2 amide bonds. The Morgan fingerprint density at radius 3 is 2.38 bits per heavy atom. The van der Waals surface area contributed by atoms with Crippen molar-refractivity contribution in [1.82, 2.24) is 19.6 Å². The van der Waals surface area contributed by atoms with Crippen LogP contribution in [0.5, 0.6) is 0 Å². The maximum Gasteiger partial charge on any atom is 0.359 e. The number of oxime groups is 1. The lowest BCUT2D eigenvalue weighted by atomic mass is 10.0. The summed E-state index contributed by atoms with van der Waals surface area (Å²) in [4.78, 5) is 50.7. The van der Waals surface area contributed by atoms with Gasteiger partial charge in [-0.15, -0.1) is 11.8 Å². The molecular formula is C28H26N6O8S3. The zero-order chi connectivity index (χ0) is 32.1. The molecule has 0 saturated carbocycles. The number of ether oxygens (including phenoxy) is 1. The number of rotatable bonds is 12. The van der Waals surface area contributed by atoms with E-state index in [0.29, 0.717) is 11.1 Å². The highest BCUT2D eigenvalue weighted by molar-refractivity contribution is 8.00. The normalized spacial score (nSPS) is 18.1. The van der Waals surface area contributed by atoms with Crippen LogP contribution in [0.25, 0.3) is 0 Å². The van der Waals surface area contributed by atoms with Crippen molar-refractivity contribution in [3.63, 3.8) is 0 Å². The minimum absolute atomic E-state index is 0.0165. The molecule has 2 aromatic carbocycles. The molecule has 2 atom stereocenters. The standard InChI is InChI=1S/C28H26N6O8S3/c1-3-14-40-32-19(23-31-28(29)44-33-23)24(35)30-20-25(36)34-21(18(15-43-26(20)34)42-45(2,38)39)27(37)41-22(16-10-6-4-7-11-16)17-12-8-5-9-13-17/h3-13,20,22,26H,1,14-15H2,2H3,(H,30,35)(H2,29,31,33)/t20?,26-/m0/s1. The van der Waals surface area contributed by atoms with Gasteiger partial charge < -0.3 is 24.8 Å². The maximum absolute atomic E-state index is 13.8. The van der Waals surface area contributed by atoms with Gasteiger partial charge in [0.05, 0.1) is 12.0 Å². The molecule has 3 N–H and O–H groups in total. The number of hydrogen-bond acceptors (Lipinski definition) is 14.